The van der Waals surface area contributed by atoms with E-state index in [0.717, 1.165) is 22.7 Å². The second-order valence-corrected chi connectivity index (χ2v) is 6.71. The highest BCUT2D eigenvalue weighted by molar-refractivity contribution is 5.92. The number of hydrogen-bond donors (Lipinski definition) is 1. The van der Waals surface area contributed by atoms with Crippen molar-refractivity contribution in [1.82, 2.24) is 5.16 Å². The highest BCUT2D eigenvalue weighted by Crippen LogP contribution is 2.34. The van der Waals surface area contributed by atoms with E-state index in [-0.39, 0.29) is 12.3 Å². The number of rotatable bonds is 5. The molecule has 0 aliphatic carbocycles. The van der Waals surface area contributed by atoms with Crippen LogP contribution in [-0.4, -0.2) is 38.4 Å². The topological polar surface area (TPSA) is 76.8 Å². The van der Waals surface area contributed by atoms with E-state index in [1.807, 2.05) is 61.5 Å². The maximum Gasteiger partial charge on any atom is 0.230 e. The zero-order chi connectivity index (χ0) is 19.5. The van der Waals surface area contributed by atoms with Crippen LogP contribution in [0.2, 0.25) is 0 Å². The Kier molecular flexibility index (Phi) is 4.89. The summed E-state index contributed by atoms with van der Waals surface area (Å²) in [5.74, 6) is 1.82. The first-order valence-corrected chi connectivity index (χ1v) is 9.01. The van der Waals surface area contributed by atoms with Crippen LogP contribution < -0.4 is 19.7 Å². The summed E-state index contributed by atoms with van der Waals surface area (Å²) in [4.78, 5) is 14.3. The number of ether oxygens (including phenoxy) is 2. The molecule has 0 spiro atoms. The van der Waals surface area contributed by atoms with E-state index in [0.29, 0.717) is 30.4 Å². The summed E-state index contributed by atoms with van der Waals surface area (Å²) in [6, 6.07) is 15.0. The van der Waals surface area contributed by atoms with Crippen molar-refractivity contribution >= 4 is 17.3 Å². The fourth-order valence-electron chi connectivity index (χ4n) is 2.94. The van der Waals surface area contributed by atoms with Crippen LogP contribution in [0.15, 0.2) is 53.1 Å². The lowest BCUT2D eigenvalue weighted by molar-refractivity contribution is -0.115. The number of nitrogens with one attached hydrogen (secondary N) is 1. The molecule has 0 radical (unpaired) electrons. The van der Waals surface area contributed by atoms with Gasteiger partial charge in [0.1, 0.15) is 13.2 Å². The number of amides is 1. The van der Waals surface area contributed by atoms with Gasteiger partial charge < -0.3 is 24.2 Å². The van der Waals surface area contributed by atoms with E-state index < -0.39 is 0 Å². The summed E-state index contributed by atoms with van der Waals surface area (Å²) in [6.45, 7) is 1.07. The summed E-state index contributed by atoms with van der Waals surface area (Å²) in [6.07, 6.45) is 0.128. The molecule has 0 unspecified atom stereocenters. The van der Waals surface area contributed by atoms with Gasteiger partial charge in [-0.25, -0.2) is 0 Å². The molecule has 0 bridgehead atoms. The van der Waals surface area contributed by atoms with E-state index in [1.165, 1.54) is 0 Å². The summed E-state index contributed by atoms with van der Waals surface area (Å²) < 4.78 is 16.5. The van der Waals surface area contributed by atoms with Crippen LogP contribution in [-0.2, 0) is 11.2 Å². The SMILES string of the molecule is CN(C)c1ccc(NC(=O)Cc2cc(-c3ccc4c(c3)OCCO4)on2)cc1. The summed E-state index contributed by atoms with van der Waals surface area (Å²) >= 11 is 0. The van der Waals surface area contributed by atoms with Gasteiger partial charge in [0, 0.05) is 37.1 Å². The van der Waals surface area contributed by atoms with Gasteiger partial charge in [-0.05, 0) is 42.5 Å². The van der Waals surface area contributed by atoms with E-state index in [1.54, 1.807) is 6.07 Å². The van der Waals surface area contributed by atoms with Crippen molar-refractivity contribution in [2.75, 3.05) is 37.5 Å². The van der Waals surface area contributed by atoms with Gasteiger partial charge >= 0.3 is 0 Å². The third kappa shape index (κ3) is 3.93. The van der Waals surface area contributed by atoms with Crippen molar-refractivity contribution < 1.29 is 18.8 Å². The van der Waals surface area contributed by atoms with Gasteiger partial charge in [-0.2, -0.15) is 0 Å². The second-order valence-electron chi connectivity index (χ2n) is 6.71. The Hall–Kier alpha value is -3.48. The molecular weight excluding hydrogens is 358 g/mol. The molecule has 7 nitrogen and oxygen atoms in total. The van der Waals surface area contributed by atoms with E-state index in [9.17, 15) is 4.79 Å². The molecule has 0 fully saturated rings. The van der Waals surface area contributed by atoms with Gasteiger partial charge in [-0.15, -0.1) is 0 Å². The normalized spacial score (nSPS) is 12.5. The molecule has 1 aliphatic rings. The Balaban J connectivity index is 1.41. The minimum absolute atomic E-state index is 0.128. The average Bonchev–Trinajstić information content (AvgIpc) is 3.16. The Morgan fingerprint density at radius 2 is 1.79 bits per heavy atom. The largest absolute Gasteiger partial charge is 0.486 e. The molecule has 2 heterocycles. The van der Waals surface area contributed by atoms with E-state index in [4.69, 9.17) is 14.0 Å². The first kappa shape index (κ1) is 17.9. The molecule has 4 rings (SSSR count). The van der Waals surface area contributed by atoms with Gasteiger partial charge in [0.2, 0.25) is 5.91 Å². The Labute approximate surface area is 162 Å². The minimum Gasteiger partial charge on any atom is -0.486 e. The molecule has 1 amide bonds. The molecule has 1 N–H and O–H groups in total. The van der Waals surface area contributed by atoms with Crippen LogP contribution in [0.25, 0.3) is 11.3 Å². The van der Waals surface area contributed by atoms with Crippen molar-refractivity contribution in [3.63, 3.8) is 0 Å². The second kappa shape index (κ2) is 7.64. The van der Waals surface area contributed by atoms with Crippen molar-refractivity contribution in [1.29, 1.82) is 0 Å². The van der Waals surface area contributed by atoms with Gasteiger partial charge in [0.15, 0.2) is 17.3 Å². The highest BCUT2D eigenvalue weighted by Gasteiger charge is 2.16. The van der Waals surface area contributed by atoms with Crippen molar-refractivity contribution in [2.45, 2.75) is 6.42 Å². The maximum atomic E-state index is 12.3. The molecule has 0 saturated carbocycles. The van der Waals surface area contributed by atoms with Gasteiger partial charge in [-0.3, -0.25) is 4.79 Å². The van der Waals surface area contributed by atoms with Crippen LogP contribution in [0.1, 0.15) is 5.69 Å². The standard InChI is InChI=1S/C21H21N3O4/c1-24(2)17-6-4-15(5-7-17)22-21(25)13-16-12-19(28-23-16)14-3-8-18-20(11-14)27-10-9-26-18/h3-8,11-12H,9-10,13H2,1-2H3,(H,22,25). The predicted molar refractivity (Wildman–Crippen MR) is 106 cm³/mol. The lowest BCUT2D eigenvalue weighted by Crippen LogP contribution is -2.15. The lowest BCUT2D eigenvalue weighted by atomic mass is 10.1. The number of carbonyl (C=O) groups excluding carboxylic acids is 1. The summed E-state index contributed by atoms with van der Waals surface area (Å²) in [5, 5.41) is 6.88. The van der Waals surface area contributed by atoms with Gasteiger partial charge in [-0.1, -0.05) is 5.16 Å². The number of nitrogens with zero attached hydrogens (tertiary/aromatic N) is 2. The van der Waals surface area contributed by atoms with Crippen LogP contribution in [0, 0.1) is 0 Å². The van der Waals surface area contributed by atoms with Crippen LogP contribution in [0.3, 0.4) is 0 Å². The Morgan fingerprint density at radius 3 is 2.54 bits per heavy atom. The molecule has 1 aromatic heterocycles. The third-order valence-corrected chi connectivity index (χ3v) is 4.39. The van der Waals surface area contributed by atoms with Crippen molar-refractivity contribution in [3.05, 3.63) is 54.2 Å². The Morgan fingerprint density at radius 1 is 1.04 bits per heavy atom. The monoisotopic (exact) mass is 379 g/mol. The number of aromatic nitrogens is 1. The summed E-state index contributed by atoms with van der Waals surface area (Å²) in [5.41, 5.74) is 3.19. The molecule has 144 valence electrons. The Bertz CT molecular complexity index is 980. The molecule has 28 heavy (non-hydrogen) atoms. The van der Waals surface area contributed by atoms with Gasteiger partial charge in [0.25, 0.3) is 0 Å². The molecule has 2 aromatic carbocycles. The predicted octanol–water partition coefficient (Wildman–Crippen LogP) is 3.36. The maximum absolute atomic E-state index is 12.3. The van der Waals surface area contributed by atoms with Crippen LogP contribution in [0.5, 0.6) is 11.5 Å². The fraction of sp³-hybridized carbons (Fsp3) is 0.238. The lowest BCUT2D eigenvalue weighted by Gasteiger charge is -2.18. The number of benzene rings is 2. The van der Waals surface area contributed by atoms with Crippen LogP contribution >= 0.6 is 0 Å². The quantitative estimate of drug-likeness (QED) is 0.733. The zero-order valence-corrected chi connectivity index (χ0v) is 15.8. The van der Waals surface area contributed by atoms with Crippen LogP contribution in [0.4, 0.5) is 11.4 Å². The van der Waals surface area contributed by atoms with Crippen molar-refractivity contribution in [3.8, 4) is 22.8 Å². The number of hydrogen-bond acceptors (Lipinski definition) is 6. The van der Waals surface area contributed by atoms with E-state index >= 15 is 0 Å². The average molecular weight is 379 g/mol. The first-order chi connectivity index (χ1) is 13.6. The molecule has 3 aromatic rings. The van der Waals surface area contributed by atoms with Gasteiger partial charge in [0.05, 0.1) is 12.1 Å². The molecule has 0 saturated heterocycles. The fourth-order valence-corrected chi connectivity index (χ4v) is 2.94. The molecule has 1 aliphatic heterocycles. The van der Waals surface area contributed by atoms with E-state index in [2.05, 4.69) is 10.5 Å². The zero-order valence-electron chi connectivity index (χ0n) is 15.8. The molecule has 7 heteroatoms. The first-order valence-electron chi connectivity index (χ1n) is 9.01. The molecule has 0 atom stereocenters. The number of carbonyl (C=O) groups is 1. The minimum atomic E-state index is -0.153. The van der Waals surface area contributed by atoms with Crippen molar-refractivity contribution in [2.24, 2.45) is 0 Å². The number of fused-ring (bicyclic) bond motifs is 1. The third-order valence-electron chi connectivity index (χ3n) is 4.39. The smallest absolute Gasteiger partial charge is 0.230 e. The number of anilines is 2. The summed E-state index contributed by atoms with van der Waals surface area (Å²) in [7, 11) is 3.94. The highest BCUT2D eigenvalue weighted by atomic mass is 16.6. The molecular formula is C21H21N3O4.